The standard InChI is InChI=1S/C13H13NO3/c15-9-11-8-14-7-6-13(11,12(16)17)10-4-2-1-3-5-10/h1-5,14H,6-8H2,(H,16,17). The molecule has 1 heterocycles. The highest BCUT2D eigenvalue weighted by atomic mass is 16.4. The van der Waals surface area contributed by atoms with Gasteiger partial charge in [-0.1, -0.05) is 30.3 Å². The van der Waals surface area contributed by atoms with Crippen LogP contribution in [0, 0.1) is 0 Å². The van der Waals surface area contributed by atoms with E-state index < -0.39 is 11.4 Å². The molecule has 1 saturated heterocycles. The third kappa shape index (κ3) is 1.78. The van der Waals surface area contributed by atoms with Gasteiger partial charge in [-0.25, -0.2) is 4.79 Å². The van der Waals surface area contributed by atoms with E-state index in [1.807, 2.05) is 6.07 Å². The van der Waals surface area contributed by atoms with Gasteiger partial charge in [0.15, 0.2) is 0 Å². The number of rotatable bonds is 2. The molecule has 0 spiro atoms. The normalized spacial score (nSPS) is 24.1. The third-order valence-corrected chi connectivity index (χ3v) is 3.25. The molecular weight excluding hydrogens is 218 g/mol. The lowest BCUT2D eigenvalue weighted by Crippen LogP contribution is -2.48. The summed E-state index contributed by atoms with van der Waals surface area (Å²) in [5, 5.41) is 12.5. The van der Waals surface area contributed by atoms with E-state index in [-0.39, 0.29) is 12.1 Å². The van der Waals surface area contributed by atoms with Crippen LogP contribution >= 0.6 is 0 Å². The van der Waals surface area contributed by atoms with E-state index in [9.17, 15) is 14.7 Å². The minimum atomic E-state index is -1.21. The van der Waals surface area contributed by atoms with Crippen LogP contribution in [0.15, 0.2) is 35.9 Å². The Balaban J connectivity index is 2.60. The fourth-order valence-electron chi connectivity index (χ4n) is 2.31. The van der Waals surface area contributed by atoms with Gasteiger partial charge in [0.2, 0.25) is 0 Å². The highest BCUT2D eigenvalue weighted by Gasteiger charge is 2.46. The average Bonchev–Trinajstić information content (AvgIpc) is 2.39. The van der Waals surface area contributed by atoms with E-state index in [1.165, 1.54) is 0 Å². The summed E-state index contributed by atoms with van der Waals surface area (Å²) < 4.78 is 0. The molecule has 17 heavy (non-hydrogen) atoms. The largest absolute Gasteiger partial charge is 0.480 e. The molecule has 4 nitrogen and oxygen atoms in total. The number of nitrogens with one attached hydrogen (secondary N) is 1. The van der Waals surface area contributed by atoms with E-state index in [1.54, 1.807) is 30.2 Å². The molecule has 88 valence electrons. The zero-order valence-electron chi connectivity index (χ0n) is 9.27. The van der Waals surface area contributed by atoms with Gasteiger partial charge in [-0.05, 0) is 18.5 Å². The molecule has 4 heteroatoms. The van der Waals surface area contributed by atoms with Crippen molar-refractivity contribution in [1.82, 2.24) is 5.32 Å². The van der Waals surface area contributed by atoms with Crippen LogP contribution in [-0.2, 0) is 15.0 Å². The van der Waals surface area contributed by atoms with Gasteiger partial charge in [0.1, 0.15) is 11.4 Å². The Morgan fingerprint density at radius 2 is 2.06 bits per heavy atom. The van der Waals surface area contributed by atoms with Crippen molar-refractivity contribution in [3.05, 3.63) is 41.5 Å². The molecule has 1 atom stereocenters. The highest BCUT2D eigenvalue weighted by Crippen LogP contribution is 2.36. The topological polar surface area (TPSA) is 66.4 Å². The van der Waals surface area contributed by atoms with Gasteiger partial charge in [-0.15, -0.1) is 0 Å². The zero-order valence-corrected chi connectivity index (χ0v) is 9.27. The van der Waals surface area contributed by atoms with Crippen molar-refractivity contribution in [3.63, 3.8) is 0 Å². The quantitative estimate of drug-likeness (QED) is 0.737. The van der Waals surface area contributed by atoms with E-state index in [4.69, 9.17) is 0 Å². The van der Waals surface area contributed by atoms with E-state index in [2.05, 4.69) is 5.32 Å². The maximum atomic E-state index is 11.6. The first-order chi connectivity index (χ1) is 8.21. The van der Waals surface area contributed by atoms with Crippen molar-refractivity contribution < 1.29 is 14.7 Å². The summed E-state index contributed by atoms with van der Waals surface area (Å²) in [5.41, 5.74) is -0.302. The van der Waals surface area contributed by atoms with Gasteiger partial charge in [0.25, 0.3) is 0 Å². The molecule has 1 aliphatic heterocycles. The van der Waals surface area contributed by atoms with Gasteiger partial charge in [-0.3, -0.25) is 4.79 Å². The van der Waals surface area contributed by atoms with Crippen LogP contribution in [0.4, 0.5) is 0 Å². The van der Waals surface area contributed by atoms with Crippen molar-refractivity contribution in [2.24, 2.45) is 0 Å². The van der Waals surface area contributed by atoms with Crippen molar-refractivity contribution in [2.75, 3.05) is 13.1 Å². The maximum Gasteiger partial charge on any atom is 0.319 e. The Morgan fingerprint density at radius 3 is 2.65 bits per heavy atom. The number of carbonyl (C=O) groups excluding carboxylic acids is 1. The molecule has 0 saturated carbocycles. The Kier molecular flexibility index (Phi) is 3.09. The van der Waals surface area contributed by atoms with E-state index in [0.29, 0.717) is 18.5 Å². The summed E-state index contributed by atoms with van der Waals surface area (Å²) in [7, 11) is 0. The molecule has 1 aliphatic rings. The number of piperidine rings is 1. The van der Waals surface area contributed by atoms with E-state index in [0.717, 1.165) is 0 Å². The lowest BCUT2D eigenvalue weighted by molar-refractivity contribution is -0.142. The van der Waals surface area contributed by atoms with Crippen LogP contribution < -0.4 is 5.32 Å². The molecule has 1 aromatic rings. The molecule has 1 unspecified atom stereocenters. The number of benzene rings is 1. The zero-order chi connectivity index (χ0) is 12.3. The smallest absolute Gasteiger partial charge is 0.319 e. The summed E-state index contributed by atoms with van der Waals surface area (Å²) in [6, 6.07) is 8.88. The van der Waals surface area contributed by atoms with Crippen LogP contribution in [0.2, 0.25) is 0 Å². The minimum Gasteiger partial charge on any atom is -0.480 e. The van der Waals surface area contributed by atoms with Gasteiger partial charge in [0.05, 0.1) is 0 Å². The Labute approximate surface area is 99.0 Å². The van der Waals surface area contributed by atoms with Crippen molar-refractivity contribution >= 4 is 11.9 Å². The van der Waals surface area contributed by atoms with Gasteiger partial charge >= 0.3 is 5.97 Å². The van der Waals surface area contributed by atoms with Gasteiger partial charge in [-0.2, -0.15) is 0 Å². The van der Waals surface area contributed by atoms with Crippen LogP contribution in [0.3, 0.4) is 0 Å². The van der Waals surface area contributed by atoms with Crippen LogP contribution in [-0.4, -0.2) is 30.1 Å². The average molecular weight is 231 g/mol. The van der Waals surface area contributed by atoms with Crippen molar-refractivity contribution in [3.8, 4) is 0 Å². The predicted octanol–water partition coefficient (Wildman–Crippen LogP) is 0.760. The number of carboxylic acid groups (broad SMARTS) is 1. The summed E-state index contributed by atoms with van der Waals surface area (Å²) in [6.07, 6.45) is 0.372. The molecule has 2 rings (SSSR count). The monoisotopic (exact) mass is 231 g/mol. The third-order valence-electron chi connectivity index (χ3n) is 3.25. The number of carbonyl (C=O) groups is 1. The van der Waals surface area contributed by atoms with Crippen LogP contribution in [0.25, 0.3) is 0 Å². The second-order valence-corrected chi connectivity index (χ2v) is 4.08. The SMILES string of the molecule is O=C=C1CNCCC1(C(=O)O)c1ccccc1. The Bertz CT molecular complexity index is 477. The molecule has 0 bridgehead atoms. The molecule has 0 radical (unpaired) electrons. The summed E-state index contributed by atoms with van der Waals surface area (Å²) in [6.45, 7) is 0.858. The summed E-state index contributed by atoms with van der Waals surface area (Å²) in [5.74, 6) is 0.815. The summed E-state index contributed by atoms with van der Waals surface area (Å²) >= 11 is 0. The molecule has 2 N–H and O–H groups in total. The molecule has 1 aromatic carbocycles. The first-order valence-electron chi connectivity index (χ1n) is 5.46. The Morgan fingerprint density at radius 1 is 1.35 bits per heavy atom. The molecular formula is C13H13NO3. The minimum absolute atomic E-state index is 0.266. The van der Waals surface area contributed by atoms with Crippen molar-refractivity contribution in [2.45, 2.75) is 11.8 Å². The van der Waals surface area contributed by atoms with Gasteiger partial charge < -0.3 is 10.4 Å². The number of carboxylic acids is 1. The lowest BCUT2D eigenvalue weighted by atomic mass is 9.70. The first-order valence-corrected chi connectivity index (χ1v) is 5.46. The van der Waals surface area contributed by atoms with E-state index >= 15 is 0 Å². The number of aliphatic carboxylic acids is 1. The molecule has 0 amide bonds. The number of hydrogen-bond acceptors (Lipinski definition) is 3. The number of hydrogen-bond donors (Lipinski definition) is 2. The molecule has 0 aliphatic carbocycles. The van der Waals surface area contributed by atoms with Gasteiger partial charge in [0, 0.05) is 12.1 Å². The second kappa shape index (κ2) is 4.53. The molecule has 0 aromatic heterocycles. The predicted molar refractivity (Wildman–Crippen MR) is 62.4 cm³/mol. The maximum absolute atomic E-state index is 11.6. The Hall–Kier alpha value is -1.90. The van der Waals surface area contributed by atoms with Crippen LogP contribution in [0.5, 0.6) is 0 Å². The second-order valence-electron chi connectivity index (χ2n) is 4.08. The van der Waals surface area contributed by atoms with Crippen molar-refractivity contribution in [1.29, 1.82) is 0 Å². The van der Waals surface area contributed by atoms with Crippen LogP contribution in [0.1, 0.15) is 12.0 Å². The fourth-order valence-corrected chi connectivity index (χ4v) is 2.31. The first kappa shape index (κ1) is 11.6. The lowest BCUT2D eigenvalue weighted by Gasteiger charge is -2.34. The highest BCUT2D eigenvalue weighted by molar-refractivity contribution is 5.89. The molecule has 1 fully saturated rings. The fraction of sp³-hybridized carbons (Fsp3) is 0.308. The summed E-state index contributed by atoms with van der Waals surface area (Å²) in [4.78, 5) is 22.6.